The molecule has 0 aromatic heterocycles. The molecule has 20 heavy (non-hydrogen) atoms. The number of anilines is 2. The maximum absolute atomic E-state index is 3.69. The Balaban J connectivity index is 2.34. The minimum absolute atomic E-state index is 0.0451. The van der Waals surface area contributed by atoms with Gasteiger partial charge in [0.25, 0.3) is 0 Å². The fraction of sp³-hybridized carbons (Fsp3) is 0.368. The molecule has 0 saturated carbocycles. The lowest BCUT2D eigenvalue weighted by Gasteiger charge is -2.38. The lowest BCUT2D eigenvalue weighted by Crippen LogP contribution is -2.27. The third-order valence-corrected chi connectivity index (χ3v) is 4.56. The number of hydrogen-bond acceptors (Lipinski definition) is 1. The summed E-state index contributed by atoms with van der Waals surface area (Å²) in [7, 11) is 0. The molecule has 0 bridgehead atoms. The summed E-state index contributed by atoms with van der Waals surface area (Å²) < 4.78 is 0. The van der Waals surface area contributed by atoms with Crippen molar-refractivity contribution in [1.82, 2.24) is 0 Å². The molecule has 0 radical (unpaired) electrons. The molecule has 1 heterocycles. The van der Waals surface area contributed by atoms with Crippen molar-refractivity contribution >= 4 is 11.4 Å². The van der Waals surface area contributed by atoms with Gasteiger partial charge in [0.1, 0.15) is 0 Å². The van der Waals surface area contributed by atoms with Crippen LogP contribution in [0.25, 0.3) is 0 Å². The Bertz CT molecular complexity index is 649. The molecule has 0 saturated heterocycles. The van der Waals surface area contributed by atoms with E-state index in [1.165, 1.54) is 44.8 Å². The lowest BCUT2D eigenvalue weighted by molar-refractivity contribution is 0.635. The first-order valence-corrected chi connectivity index (χ1v) is 7.31. The minimum atomic E-state index is 0.0451. The first-order chi connectivity index (χ1) is 9.30. The van der Waals surface area contributed by atoms with Gasteiger partial charge in [0.2, 0.25) is 0 Å². The molecule has 2 aromatic rings. The summed E-state index contributed by atoms with van der Waals surface area (Å²) in [5.74, 6) is 0. The summed E-state index contributed by atoms with van der Waals surface area (Å²) in [6, 6.07) is 9.18. The largest absolute Gasteiger partial charge is 0.355 e. The van der Waals surface area contributed by atoms with Crippen LogP contribution in [0.15, 0.2) is 24.3 Å². The molecule has 0 atom stereocenters. The summed E-state index contributed by atoms with van der Waals surface area (Å²) >= 11 is 0. The van der Waals surface area contributed by atoms with Crippen molar-refractivity contribution in [3.05, 3.63) is 57.6 Å². The van der Waals surface area contributed by atoms with Crippen LogP contribution < -0.4 is 5.32 Å². The predicted octanol–water partition coefficient (Wildman–Crippen LogP) is 5.30. The van der Waals surface area contributed by atoms with E-state index < -0.39 is 0 Å². The fourth-order valence-corrected chi connectivity index (χ4v) is 3.52. The molecule has 1 aliphatic rings. The van der Waals surface area contributed by atoms with E-state index >= 15 is 0 Å². The van der Waals surface area contributed by atoms with Gasteiger partial charge < -0.3 is 5.32 Å². The van der Waals surface area contributed by atoms with Crippen LogP contribution in [0.4, 0.5) is 11.4 Å². The molecule has 0 unspecified atom stereocenters. The summed E-state index contributed by atoms with van der Waals surface area (Å²) in [6.07, 6.45) is 0. The maximum atomic E-state index is 3.69. The van der Waals surface area contributed by atoms with E-state index in [4.69, 9.17) is 0 Å². The summed E-state index contributed by atoms with van der Waals surface area (Å²) in [6.45, 7) is 13.4. The number of fused-ring (bicyclic) bond motifs is 2. The number of aryl methyl sites for hydroxylation is 4. The van der Waals surface area contributed by atoms with Gasteiger partial charge in [-0.3, -0.25) is 0 Å². The third-order valence-electron chi connectivity index (χ3n) is 4.56. The van der Waals surface area contributed by atoms with Crippen molar-refractivity contribution in [2.75, 3.05) is 5.32 Å². The van der Waals surface area contributed by atoms with Gasteiger partial charge in [0.15, 0.2) is 0 Å². The highest BCUT2D eigenvalue weighted by Gasteiger charge is 2.34. The van der Waals surface area contributed by atoms with Crippen LogP contribution in [0.2, 0.25) is 0 Å². The second-order valence-electron chi connectivity index (χ2n) is 6.76. The summed E-state index contributed by atoms with van der Waals surface area (Å²) in [4.78, 5) is 0. The van der Waals surface area contributed by atoms with Gasteiger partial charge in [0, 0.05) is 16.8 Å². The van der Waals surface area contributed by atoms with Crippen molar-refractivity contribution in [3.8, 4) is 0 Å². The van der Waals surface area contributed by atoms with E-state index in [0.29, 0.717) is 0 Å². The lowest BCUT2D eigenvalue weighted by atomic mass is 9.72. The number of benzene rings is 2. The summed E-state index contributed by atoms with van der Waals surface area (Å²) in [5, 5.41) is 3.69. The Hall–Kier alpha value is -1.76. The molecule has 0 spiro atoms. The summed E-state index contributed by atoms with van der Waals surface area (Å²) in [5.41, 5.74) is 10.8. The number of nitrogens with one attached hydrogen (secondary N) is 1. The topological polar surface area (TPSA) is 12.0 Å². The smallest absolute Gasteiger partial charge is 0.0455 e. The highest BCUT2D eigenvalue weighted by atomic mass is 14.9. The molecule has 3 rings (SSSR count). The van der Waals surface area contributed by atoms with E-state index in [1.807, 2.05) is 0 Å². The van der Waals surface area contributed by atoms with E-state index in [2.05, 4.69) is 71.1 Å². The average Bonchev–Trinajstić information content (AvgIpc) is 2.32. The third kappa shape index (κ3) is 1.76. The van der Waals surface area contributed by atoms with Gasteiger partial charge in [-0.15, -0.1) is 0 Å². The zero-order valence-corrected chi connectivity index (χ0v) is 13.3. The van der Waals surface area contributed by atoms with Crippen molar-refractivity contribution in [1.29, 1.82) is 0 Å². The van der Waals surface area contributed by atoms with Gasteiger partial charge in [-0.25, -0.2) is 0 Å². The standard InChI is InChI=1S/C19H23N/c1-11-7-13(3)17-15(9-11)19(5,6)16-10-12(2)8-14(4)18(16)20-17/h7-10,20H,1-6H3. The molecule has 1 aliphatic heterocycles. The first kappa shape index (κ1) is 13.2. The van der Waals surface area contributed by atoms with Gasteiger partial charge in [-0.05, 0) is 49.9 Å². The quantitative estimate of drug-likeness (QED) is 0.681. The van der Waals surface area contributed by atoms with E-state index in [0.717, 1.165) is 0 Å². The van der Waals surface area contributed by atoms with Crippen LogP contribution in [-0.4, -0.2) is 0 Å². The van der Waals surface area contributed by atoms with Gasteiger partial charge >= 0.3 is 0 Å². The molecule has 1 heteroatoms. The Kier molecular flexibility index (Phi) is 2.72. The predicted molar refractivity (Wildman–Crippen MR) is 87.2 cm³/mol. The Labute approximate surface area is 122 Å². The Morgan fingerprint density at radius 3 is 1.50 bits per heavy atom. The van der Waals surface area contributed by atoms with Crippen LogP contribution in [0.3, 0.4) is 0 Å². The van der Waals surface area contributed by atoms with Gasteiger partial charge in [0.05, 0.1) is 0 Å². The molecular weight excluding hydrogens is 242 g/mol. The zero-order chi connectivity index (χ0) is 14.7. The van der Waals surface area contributed by atoms with Gasteiger partial charge in [-0.1, -0.05) is 49.2 Å². The molecule has 0 aliphatic carbocycles. The molecule has 2 aromatic carbocycles. The highest BCUT2D eigenvalue weighted by molar-refractivity contribution is 5.80. The Morgan fingerprint density at radius 1 is 0.700 bits per heavy atom. The number of hydrogen-bond donors (Lipinski definition) is 1. The highest BCUT2D eigenvalue weighted by Crippen LogP contribution is 2.48. The van der Waals surface area contributed by atoms with Crippen LogP contribution in [-0.2, 0) is 5.41 Å². The minimum Gasteiger partial charge on any atom is -0.355 e. The molecule has 1 N–H and O–H groups in total. The second kappa shape index (κ2) is 4.12. The van der Waals surface area contributed by atoms with Crippen molar-refractivity contribution in [3.63, 3.8) is 0 Å². The second-order valence-corrected chi connectivity index (χ2v) is 6.76. The van der Waals surface area contributed by atoms with E-state index in [9.17, 15) is 0 Å². The fourth-order valence-electron chi connectivity index (χ4n) is 3.52. The van der Waals surface area contributed by atoms with E-state index in [1.54, 1.807) is 0 Å². The van der Waals surface area contributed by atoms with E-state index in [-0.39, 0.29) is 5.41 Å². The van der Waals surface area contributed by atoms with Crippen molar-refractivity contribution in [2.24, 2.45) is 0 Å². The van der Waals surface area contributed by atoms with Crippen molar-refractivity contribution in [2.45, 2.75) is 47.0 Å². The monoisotopic (exact) mass is 265 g/mol. The average molecular weight is 265 g/mol. The molecular formula is C19H23N. The first-order valence-electron chi connectivity index (χ1n) is 7.31. The van der Waals surface area contributed by atoms with Gasteiger partial charge in [-0.2, -0.15) is 0 Å². The normalized spacial score (nSPS) is 15.3. The zero-order valence-electron chi connectivity index (χ0n) is 13.3. The molecule has 1 nitrogen and oxygen atoms in total. The van der Waals surface area contributed by atoms with Crippen LogP contribution in [0, 0.1) is 27.7 Å². The van der Waals surface area contributed by atoms with Crippen LogP contribution in [0.5, 0.6) is 0 Å². The van der Waals surface area contributed by atoms with Crippen LogP contribution >= 0.6 is 0 Å². The molecule has 0 amide bonds. The van der Waals surface area contributed by atoms with Crippen molar-refractivity contribution < 1.29 is 0 Å². The number of rotatable bonds is 0. The van der Waals surface area contributed by atoms with Crippen LogP contribution in [0.1, 0.15) is 47.2 Å². The molecule has 0 fully saturated rings. The SMILES string of the molecule is Cc1cc(C)c2c(c1)C(C)(C)c1cc(C)cc(C)c1N2. The molecule has 104 valence electrons. The maximum Gasteiger partial charge on any atom is 0.0455 e. The Morgan fingerprint density at radius 2 is 1.10 bits per heavy atom.